The number of hydrogen-bond acceptors (Lipinski definition) is 12. The third-order valence-corrected chi connectivity index (χ3v) is 8.79. The Labute approximate surface area is 274 Å². The number of benzene rings is 3. The minimum atomic E-state index is -1.98. The molecule has 1 aromatic heterocycles. The van der Waals surface area contributed by atoms with Gasteiger partial charge in [-0.1, -0.05) is 30.3 Å². The van der Waals surface area contributed by atoms with E-state index in [1.54, 1.807) is 24.3 Å². The van der Waals surface area contributed by atoms with E-state index in [4.69, 9.17) is 23.4 Å². The number of carbonyl (C=O) groups is 1. The Kier molecular flexibility index (Phi) is 9.32. The lowest BCUT2D eigenvalue weighted by atomic mass is 9.81. The first-order chi connectivity index (χ1) is 23.0. The van der Waals surface area contributed by atoms with Gasteiger partial charge in [-0.3, -0.25) is 4.79 Å². The van der Waals surface area contributed by atoms with E-state index in [0.29, 0.717) is 24.2 Å². The van der Waals surface area contributed by atoms with Crippen molar-refractivity contribution in [3.63, 3.8) is 0 Å². The summed E-state index contributed by atoms with van der Waals surface area (Å²) in [4.78, 5) is 25.2. The molecular weight excluding hydrogens is 628 g/mol. The van der Waals surface area contributed by atoms with Crippen LogP contribution in [0.3, 0.4) is 0 Å². The van der Waals surface area contributed by atoms with Crippen LogP contribution in [0.25, 0.3) is 22.3 Å². The molecule has 1 saturated heterocycles. The molecule has 3 aromatic carbocycles. The summed E-state index contributed by atoms with van der Waals surface area (Å²) in [5.74, 6) is -4.37. The van der Waals surface area contributed by atoms with E-state index < -0.39 is 65.1 Å². The molecule has 0 unspecified atom stereocenters. The molecule has 0 spiro atoms. The third kappa shape index (κ3) is 6.68. The van der Waals surface area contributed by atoms with Crippen LogP contribution >= 0.6 is 0 Å². The molecule has 6 rings (SSSR count). The maximum absolute atomic E-state index is 13.5. The van der Waals surface area contributed by atoms with Crippen LogP contribution in [0.4, 0.5) is 0 Å². The second-order valence-corrected chi connectivity index (χ2v) is 12.2. The molecule has 0 amide bonds. The van der Waals surface area contributed by atoms with Gasteiger partial charge in [0, 0.05) is 30.5 Å². The SMILES string of the molecule is COc1ccc(-c2cc(=O)c3c(O)c(O[C@@]4(O)CCC[C@H](Cc5ccccc5)C4)c(O[C@H]4O[C@H](C(=O)O)[C@@H](O)[C@@H](O)[C@H]4O)cc3o2)cc1. The summed E-state index contributed by atoms with van der Waals surface area (Å²) in [6.07, 6.45) is -7.39. The van der Waals surface area contributed by atoms with Gasteiger partial charge in [-0.05, 0) is 55.0 Å². The molecule has 0 radical (unpaired) electrons. The topological polar surface area (TPSA) is 206 Å². The predicted octanol–water partition coefficient (Wildman–Crippen LogP) is 2.95. The largest absolute Gasteiger partial charge is 0.504 e. The van der Waals surface area contributed by atoms with Gasteiger partial charge in [-0.25, -0.2) is 4.79 Å². The fourth-order valence-corrected chi connectivity index (χ4v) is 6.35. The van der Waals surface area contributed by atoms with Crippen molar-refractivity contribution in [2.45, 2.75) is 68.6 Å². The fraction of sp³-hybridized carbons (Fsp3) is 0.371. The van der Waals surface area contributed by atoms with Crippen molar-refractivity contribution >= 4 is 16.9 Å². The Morgan fingerprint density at radius 2 is 1.73 bits per heavy atom. The van der Waals surface area contributed by atoms with E-state index in [0.717, 1.165) is 12.0 Å². The minimum absolute atomic E-state index is 0.00621. The number of phenolic OH excluding ortho intramolecular Hbond substituents is 1. The van der Waals surface area contributed by atoms with E-state index in [1.165, 1.54) is 19.2 Å². The molecule has 2 aliphatic rings. The van der Waals surface area contributed by atoms with Crippen molar-refractivity contribution in [3.8, 4) is 34.3 Å². The first kappa shape index (κ1) is 33.2. The van der Waals surface area contributed by atoms with Gasteiger partial charge >= 0.3 is 5.97 Å². The minimum Gasteiger partial charge on any atom is -0.504 e. The molecule has 2 fully saturated rings. The van der Waals surface area contributed by atoms with Gasteiger partial charge in [0.2, 0.25) is 17.8 Å². The summed E-state index contributed by atoms with van der Waals surface area (Å²) in [7, 11) is 1.51. The van der Waals surface area contributed by atoms with Crippen LogP contribution in [0.2, 0.25) is 0 Å². The van der Waals surface area contributed by atoms with Gasteiger partial charge in [0.25, 0.3) is 0 Å². The summed E-state index contributed by atoms with van der Waals surface area (Å²) in [6, 6.07) is 18.7. The molecule has 13 nitrogen and oxygen atoms in total. The molecule has 4 aromatic rings. The average molecular weight is 665 g/mol. The summed E-state index contributed by atoms with van der Waals surface area (Å²) < 4.78 is 28.4. The number of aliphatic hydroxyl groups excluding tert-OH is 3. The van der Waals surface area contributed by atoms with Crippen molar-refractivity contribution < 1.29 is 58.8 Å². The Hall–Kier alpha value is -4.66. The molecule has 254 valence electrons. The van der Waals surface area contributed by atoms with Crippen LogP contribution in [-0.2, 0) is 16.0 Å². The zero-order valence-corrected chi connectivity index (χ0v) is 25.9. The first-order valence-corrected chi connectivity index (χ1v) is 15.5. The number of aliphatic carboxylic acids is 1. The van der Waals surface area contributed by atoms with Crippen molar-refractivity contribution in [2.24, 2.45) is 5.92 Å². The van der Waals surface area contributed by atoms with Gasteiger partial charge in [0.15, 0.2) is 23.0 Å². The Morgan fingerprint density at radius 1 is 1.00 bits per heavy atom. The first-order valence-electron chi connectivity index (χ1n) is 15.5. The highest BCUT2D eigenvalue weighted by atomic mass is 16.7. The molecule has 0 bridgehead atoms. The van der Waals surface area contributed by atoms with Gasteiger partial charge in [0.1, 0.15) is 40.8 Å². The Balaban J connectivity index is 1.41. The quantitative estimate of drug-likeness (QED) is 0.143. The van der Waals surface area contributed by atoms with Gasteiger partial charge in [-0.15, -0.1) is 0 Å². The van der Waals surface area contributed by atoms with Crippen molar-refractivity contribution in [3.05, 3.63) is 82.5 Å². The fourth-order valence-electron chi connectivity index (χ4n) is 6.35. The van der Waals surface area contributed by atoms with E-state index in [-0.39, 0.29) is 35.5 Å². The van der Waals surface area contributed by atoms with E-state index in [2.05, 4.69) is 0 Å². The molecule has 1 aliphatic heterocycles. The number of aromatic hydroxyl groups is 1. The predicted molar refractivity (Wildman–Crippen MR) is 169 cm³/mol. The maximum atomic E-state index is 13.5. The number of carboxylic acids is 1. The van der Waals surface area contributed by atoms with Gasteiger partial charge in [-0.2, -0.15) is 0 Å². The summed E-state index contributed by atoms with van der Waals surface area (Å²) in [5, 5.41) is 63.7. The van der Waals surface area contributed by atoms with Crippen molar-refractivity contribution in [1.29, 1.82) is 0 Å². The highest BCUT2D eigenvalue weighted by Crippen LogP contribution is 2.47. The van der Waals surface area contributed by atoms with Gasteiger partial charge < -0.3 is 54.0 Å². The second-order valence-electron chi connectivity index (χ2n) is 12.2. The second kappa shape index (κ2) is 13.5. The maximum Gasteiger partial charge on any atom is 0.335 e. The van der Waals surface area contributed by atoms with Crippen molar-refractivity contribution in [2.75, 3.05) is 7.11 Å². The molecule has 1 aliphatic carbocycles. The van der Waals surface area contributed by atoms with Crippen LogP contribution in [0.1, 0.15) is 31.2 Å². The number of methoxy groups -OCH3 is 1. The lowest BCUT2D eigenvalue weighted by molar-refractivity contribution is -0.271. The smallest absolute Gasteiger partial charge is 0.335 e. The zero-order valence-electron chi connectivity index (χ0n) is 25.9. The Bertz CT molecular complexity index is 1820. The number of aliphatic hydroxyl groups is 4. The lowest BCUT2D eigenvalue weighted by Crippen LogP contribution is -2.61. The molecule has 6 N–H and O–H groups in total. The van der Waals surface area contributed by atoms with Crippen LogP contribution in [0, 0.1) is 5.92 Å². The standard InChI is InChI=1S/C35H36O13/c1-44-21-11-9-20(10-12-21)23-15-22(36)26-24(45-23)16-25(46-34-30(40)28(38)29(39)32(47-34)33(41)42)31(27(26)37)48-35(43)13-5-8-19(17-35)14-18-6-3-2-4-7-18/h2-4,6-7,9-12,15-16,19,28-30,32,34,37-40,43H,5,8,13-14,17H2,1H3,(H,41,42)/t19-,28-,29+,30-,32+,34+,35+/m1/s1. The van der Waals surface area contributed by atoms with Gasteiger partial charge in [0.05, 0.1) is 7.11 Å². The Morgan fingerprint density at radius 3 is 2.42 bits per heavy atom. The highest BCUT2D eigenvalue weighted by molar-refractivity contribution is 5.89. The molecule has 2 heterocycles. The average Bonchev–Trinajstić information content (AvgIpc) is 3.06. The van der Waals surface area contributed by atoms with Crippen LogP contribution in [0.15, 0.2) is 75.9 Å². The third-order valence-electron chi connectivity index (χ3n) is 8.79. The number of hydrogen-bond donors (Lipinski definition) is 6. The normalized spacial score (nSPS) is 27.4. The molecule has 48 heavy (non-hydrogen) atoms. The summed E-state index contributed by atoms with van der Waals surface area (Å²) in [6.45, 7) is 0. The number of ether oxygens (including phenoxy) is 4. The zero-order chi connectivity index (χ0) is 34.2. The van der Waals surface area contributed by atoms with Crippen molar-refractivity contribution in [1.82, 2.24) is 0 Å². The van der Waals surface area contributed by atoms with E-state index in [1.807, 2.05) is 30.3 Å². The van der Waals surface area contributed by atoms with Crippen LogP contribution < -0.4 is 19.6 Å². The van der Waals surface area contributed by atoms with Crippen LogP contribution in [-0.4, -0.2) is 80.2 Å². The molecule has 13 heteroatoms. The number of fused-ring (bicyclic) bond motifs is 1. The number of rotatable bonds is 9. The van der Waals surface area contributed by atoms with Crippen LogP contribution in [0.5, 0.6) is 23.0 Å². The van der Waals surface area contributed by atoms with E-state index >= 15 is 0 Å². The monoisotopic (exact) mass is 664 g/mol. The summed E-state index contributed by atoms with van der Waals surface area (Å²) >= 11 is 0. The van der Waals surface area contributed by atoms with E-state index in [9.17, 15) is 40.2 Å². The summed E-state index contributed by atoms with van der Waals surface area (Å²) in [5.41, 5.74) is 0.760. The number of carboxylic acid groups (broad SMARTS) is 1. The highest BCUT2D eigenvalue weighted by Gasteiger charge is 2.49. The molecule has 7 atom stereocenters. The number of phenols is 1. The lowest BCUT2D eigenvalue weighted by Gasteiger charge is -2.39. The molecular formula is C35H36O13. The molecule has 1 saturated carbocycles.